The van der Waals surface area contributed by atoms with Gasteiger partial charge in [0.25, 0.3) is 5.91 Å². The Kier molecular flexibility index (Phi) is 12.0. The molecule has 0 atom stereocenters. The summed E-state index contributed by atoms with van der Waals surface area (Å²) in [6.45, 7) is 3.32. The highest BCUT2D eigenvalue weighted by molar-refractivity contribution is 5.94. The molecule has 0 radical (unpaired) electrons. The van der Waals surface area contributed by atoms with E-state index in [9.17, 15) is 4.79 Å². The predicted molar refractivity (Wildman–Crippen MR) is 159 cm³/mol. The molecule has 0 aliphatic heterocycles. The smallest absolute Gasteiger partial charge is 0.251 e. The molecule has 9 heteroatoms. The Morgan fingerprint density at radius 2 is 1.59 bits per heavy atom. The minimum Gasteiger partial charge on any atom is -0.369 e. The number of aromatic nitrogens is 5. The summed E-state index contributed by atoms with van der Waals surface area (Å²) in [5.74, 6) is 0.468. The molecule has 0 unspecified atom stereocenters. The van der Waals surface area contributed by atoms with Gasteiger partial charge in [0.15, 0.2) is 0 Å². The number of nitrogens with zero attached hydrogens (tertiary/aromatic N) is 5. The molecule has 0 saturated heterocycles. The third-order valence-electron chi connectivity index (χ3n) is 6.68. The third-order valence-corrected chi connectivity index (χ3v) is 6.68. The lowest BCUT2D eigenvalue weighted by Crippen LogP contribution is -2.27. The number of hydrogen-bond donors (Lipinski definition) is 2. The van der Waals surface area contributed by atoms with Gasteiger partial charge in [-0.1, -0.05) is 61.7 Å². The molecule has 2 aromatic heterocycles. The number of unbranched alkanes of at least 4 members (excludes halogenated alkanes) is 4. The van der Waals surface area contributed by atoms with E-state index in [0.717, 1.165) is 55.6 Å². The molecule has 2 aromatic carbocycles. The maximum absolute atomic E-state index is 12.4. The lowest BCUT2D eigenvalue weighted by atomic mass is 10.1. The Bertz CT molecular complexity index is 1270. The molecule has 4 rings (SSSR count). The number of hydrogen-bond acceptors (Lipinski definition) is 5. The number of anilines is 1. The topological polar surface area (TPSA) is 104 Å². The van der Waals surface area contributed by atoms with Gasteiger partial charge in [-0.2, -0.15) is 0 Å². The lowest BCUT2D eigenvalue weighted by Gasteiger charge is -2.06. The summed E-state index contributed by atoms with van der Waals surface area (Å²) in [5, 5.41) is 11.5. The van der Waals surface area contributed by atoms with E-state index in [0.29, 0.717) is 24.6 Å². The van der Waals surface area contributed by atoms with E-state index >= 15 is 0 Å². The first-order valence-corrected chi connectivity index (χ1v) is 13.8. The van der Waals surface area contributed by atoms with Crippen molar-refractivity contribution in [2.75, 3.05) is 12.3 Å². The second-order valence-corrected chi connectivity index (χ2v) is 9.74. The van der Waals surface area contributed by atoms with Crippen molar-refractivity contribution < 1.29 is 4.79 Å². The number of imidazole rings is 1. The SMILES string of the molecule is CCCCCc1ccc(C(=O)NCCn2cc(CCCCCc3cn(-c4ccccc4)c(N)n3)nn2)cc1.Cl. The number of carbonyl (C=O) groups is 1. The standard InChI is InChI=1S/C30H39N7O.ClH/c1-2-3-6-11-24-16-18-25(19-17-24)29(38)32-20-21-36-22-27(34-35-36)13-8-4-7-12-26-23-37(30(31)33-26)28-14-9-5-10-15-28;/h5,9-10,14-19,22-23H,2-4,6-8,11-13,20-21H2,1H3,(H2,31,33)(H,32,38);1H. The second-order valence-electron chi connectivity index (χ2n) is 9.74. The van der Waals surface area contributed by atoms with Crippen molar-refractivity contribution in [1.29, 1.82) is 0 Å². The first-order chi connectivity index (χ1) is 18.6. The van der Waals surface area contributed by atoms with E-state index < -0.39 is 0 Å². The van der Waals surface area contributed by atoms with Crippen LogP contribution in [0, 0.1) is 0 Å². The highest BCUT2D eigenvalue weighted by Crippen LogP contribution is 2.16. The molecule has 1 amide bonds. The van der Waals surface area contributed by atoms with Crippen LogP contribution in [0.3, 0.4) is 0 Å². The quantitative estimate of drug-likeness (QED) is 0.188. The van der Waals surface area contributed by atoms with Crippen molar-refractivity contribution in [2.24, 2.45) is 0 Å². The van der Waals surface area contributed by atoms with E-state index in [1.807, 2.05) is 59.4 Å². The molecule has 3 N–H and O–H groups in total. The number of carbonyl (C=O) groups excluding carboxylic acids is 1. The van der Waals surface area contributed by atoms with Crippen LogP contribution < -0.4 is 11.1 Å². The number of benzene rings is 2. The van der Waals surface area contributed by atoms with Crippen LogP contribution in [0.1, 0.15) is 72.8 Å². The molecule has 0 spiro atoms. The monoisotopic (exact) mass is 549 g/mol. The van der Waals surface area contributed by atoms with Gasteiger partial charge in [-0.15, -0.1) is 17.5 Å². The first-order valence-electron chi connectivity index (χ1n) is 13.8. The van der Waals surface area contributed by atoms with E-state index in [-0.39, 0.29) is 18.3 Å². The predicted octanol–water partition coefficient (Wildman–Crippen LogP) is 5.59. The number of amides is 1. The van der Waals surface area contributed by atoms with Crippen molar-refractivity contribution in [3.8, 4) is 5.69 Å². The molecule has 208 valence electrons. The fourth-order valence-corrected chi connectivity index (χ4v) is 4.50. The third kappa shape index (κ3) is 9.25. The number of rotatable bonds is 15. The molecular weight excluding hydrogens is 510 g/mol. The number of nitrogens with two attached hydrogens (primary N) is 1. The van der Waals surface area contributed by atoms with Gasteiger partial charge in [-0.25, -0.2) is 4.98 Å². The van der Waals surface area contributed by atoms with Crippen LogP contribution in [0.2, 0.25) is 0 Å². The van der Waals surface area contributed by atoms with E-state index in [1.54, 1.807) is 4.68 Å². The van der Waals surface area contributed by atoms with Crippen LogP contribution >= 0.6 is 12.4 Å². The number of aryl methyl sites for hydroxylation is 3. The van der Waals surface area contributed by atoms with Crippen LogP contribution in [-0.4, -0.2) is 37.0 Å². The van der Waals surface area contributed by atoms with Crippen LogP contribution in [0.4, 0.5) is 5.95 Å². The van der Waals surface area contributed by atoms with Gasteiger partial charge in [-0.05, 0) is 68.4 Å². The van der Waals surface area contributed by atoms with Gasteiger partial charge in [0.1, 0.15) is 0 Å². The minimum absolute atomic E-state index is 0. The number of nitrogens with one attached hydrogen (secondary N) is 1. The molecule has 0 bridgehead atoms. The molecular formula is C30H40ClN7O. The zero-order valence-electron chi connectivity index (χ0n) is 22.8. The van der Waals surface area contributed by atoms with Gasteiger partial charge < -0.3 is 11.1 Å². The molecule has 0 aliphatic rings. The zero-order chi connectivity index (χ0) is 26.6. The van der Waals surface area contributed by atoms with Gasteiger partial charge in [0.2, 0.25) is 5.95 Å². The summed E-state index contributed by atoms with van der Waals surface area (Å²) in [5.41, 5.74) is 11.1. The summed E-state index contributed by atoms with van der Waals surface area (Å²) in [6, 6.07) is 18.0. The van der Waals surface area contributed by atoms with Gasteiger partial charge in [0.05, 0.1) is 17.9 Å². The van der Waals surface area contributed by atoms with E-state index in [1.165, 1.54) is 24.8 Å². The fourth-order valence-electron chi connectivity index (χ4n) is 4.50. The number of nitrogen functional groups attached to an aromatic ring is 1. The van der Waals surface area contributed by atoms with Crippen LogP contribution in [0.15, 0.2) is 67.0 Å². The summed E-state index contributed by atoms with van der Waals surface area (Å²) in [6.07, 6.45) is 13.7. The zero-order valence-corrected chi connectivity index (χ0v) is 23.6. The molecule has 39 heavy (non-hydrogen) atoms. The van der Waals surface area contributed by atoms with E-state index in [4.69, 9.17) is 5.73 Å². The second kappa shape index (κ2) is 15.7. The van der Waals surface area contributed by atoms with Crippen molar-refractivity contribution in [3.05, 3.63) is 89.5 Å². The van der Waals surface area contributed by atoms with Crippen molar-refractivity contribution >= 4 is 24.3 Å². The average Bonchev–Trinajstić information content (AvgIpc) is 3.55. The van der Waals surface area contributed by atoms with E-state index in [2.05, 4.69) is 39.7 Å². The molecule has 0 fully saturated rings. The van der Waals surface area contributed by atoms with Crippen molar-refractivity contribution in [1.82, 2.24) is 29.9 Å². The minimum atomic E-state index is -0.0548. The summed E-state index contributed by atoms with van der Waals surface area (Å²) >= 11 is 0. The first kappa shape index (κ1) is 29.9. The summed E-state index contributed by atoms with van der Waals surface area (Å²) in [7, 11) is 0. The highest BCUT2D eigenvalue weighted by Gasteiger charge is 2.08. The molecule has 8 nitrogen and oxygen atoms in total. The average molecular weight is 550 g/mol. The summed E-state index contributed by atoms with van der Waals surface area (Å²) in [4.78, 5) is 16.9. The van der Waals surface area contributed by atoms with Crippen molar-refractivity contribution in [2.45, 2.75) is 71.3 Å². The van der Waals surface area contributed by atoms with Crippen LogP contribution in [0.5, 0.6) is 0 Å². The Morgan fingerprint density at radius 1 is 0.872 bits per heavy atom. The van der Waals surface area contributed by atoms with Crippen LogP contribution in [0.25, 0.3) is 5.69 Å². The Labute approximate surface area is 237 Å². The molecule has 0 saturated carbocycles. The van der Waals surface area contributed by atoms with Crippen LogP contribution in [-0.2, 0) is 25.8 Å². The Hall–Kier alpha value is -3.65. The largest absolute Gasteiger partial charge is 0.369 e. The summed E-state index contributed by atoms with van der Waals surface area (Å²) < 4.78 is 3.73. The normalized spacial score (nSPS) is 10.8. The van der Waals surface area contributed by atoms with Crippen molar-refractivity contribution in [3.63, 3.8) is 0 Å². The fraction of sp³-hybridized carbons (Fsp3) is 0.400. The highest BCUT2D eigenvalue weighted by atomic mass is 35.5. The van der Waals surface area contributed by atoms with Gasteiger partial charge in [0, 0.05) is 30.2 Å². The van der Waals surface area contributed by atoms with Gasteiger partial charge >= 0.3 is 0 Å². The van der Waals surface area contributed by atoms with Gasteiger partial charge in [-0.3, -0.25) is 14.0 Å². The lowest BCUT2D eigenvalue weighted by molar-refractivity contribution is 0.0952. The maximum Gasteiger partial charge on any atom is 0.251 e. The molecule has 0 aliphatic carbocycles. The number of para-hydroxylation sites is 1. The molecule has 2 heterocycles. The number of halogens is 1. The Balaban J connectivity index is 0.00000420. The molecule has 4 aromatic rings. The Morgan fingerprint density at radius 3 is 2.33 bits per heavy atom. The maximum atomic E-state index is 12.4.